The minimum atomic E-state index is -0.642. The Bertz CT molecular complexity index is 829. The van der Waals surface area contributed by atoms with Crippen molar-refractivity contribution in [3.63, 3.8) is 0 Å². The molecule has 0 bridgehead atoms. The second-order valence-electron chi connectivity index (χ2n) is 5.22. The molecule has 1 amide bonds. The number of esters is 1. The fourth-order valence-electron chi connectivity index (χ4n) is 2.11. The van der Waals surface area contributed by atoms with E-state index in [0.29, 0.717) is 21.2 Å². The van der Waals surface area contributed by atoms with Crippen molar-refractivity contribution in [2.45, 2.75) is 13.0 Å². The van der Waals surface area contributed by atoms with Crippen LogP contribution >= 0.6 is 23.2 Å². The van der Waals surface area contributed by atoms with Crippen LogP contribution in [0.5, 0.6) is 0 Å². The zero-order valence-electron chi connectivity index (χ0n) is 13.3. The Balaban J connectivity index is 1.89. The molecule has 5 nitrogen and oxygen atoms in total. The number of hydrogen-bond acceptors (Lipinski definition) is 4. The molecule has 1 atom stereocenters. The first-order valence-corrected chi connectivity index (χ1v) is 8.08. The van der Waals surface area contributed by atoms with E-state index in [1.165, 1.54) is 24.3 Å². The summed E-state index contributed by atoms with van der Waals surface area (Å²) in [6.45, 7) is 1.34. The molecule has 2 aromatic carbocycles. The summed E-state index contributed by atoms with van der Waals surface area (Å²) in [5, 5.41) is 12.4. The van der Waals surface area contributed by atoms with Gasteiger partial charge in [0.1, 0.15) is 0 Å². The van der Waals surface area contributed by atoms with Gasteiger partial charge in [0, 0.05) is 10.0 Å². The Kier molecular flexibility index (Phi) is 6.40. The van der Waals surface area contributed by atoms with Crippen molar-refractivity contribution in [2.75, 3.05) is 6.61 Å². The Morgan fingerprint density at radius 2 is 1.88 bits per heavy atom. The molecule has 0 fully saturated rings. The average Bonchev–Trinajstić information content (AvgIpc) is 2.59. The molecule has 0 aliphatic carbocycles. The van der Waals surface area contributed by atoms with Crippen LogP contribution in [0.15, 0.2) is 42.5 Å². The number of ether oxygens (including phenoxy) is 1. The van der Waals surface area contributed by atoms with Gasteiger partial charge in [-0.15, -0.1) is 0 Å². The summed E-state index contributed by atoms with van der Waals surface area (Å²) >= 11 is 11.9. The normalized spacial score (nSPS) is 11.3. The van der Waals surface area contributed by atoms with Crippen LogP contribution in [0.25, 0.3) is 0 Å². The monoisotopic (exact) mass is 376 g/mol. The summed E-state index contributed by atoms with van der Waals surface area (Å²) < 4.78 is 4.96. The third-order valence-corrected chi connectivity index (χ3v) is 3.95. The third-order valence-electron chi connectivity index (χ3n) is 3.39. The summed E-state index contributed by atoms with van der Waals surface area (Å²) in [5.41, 5.74) is 1.40. The zero-order chi connectivity index (χ0) is 18.4. The Morgan fingerprint density at radius 3 is 2.48 bits per heavy atom. The SMILES string of the molecule is C[C@H](NC(=O)COC(=O)c1ccc(C#N)cc1)c1ccc(Cl)cc1Cl. The molecular formula is C18H14Cl2N2O3. The van der Waals surface area contributed by atoms with Gasteiger partial charge in [-0.1, -0.05) is 29.3 Å². The quantitative estimate of drug-likeness (QED) is 0.802. The van der Waals surface area contributed by atoms with Gasteiger partial charge in [-0.3, -0.25) is 4.79 Å². The van der Waals surface area contributed by atoms with Crippen LogP contribution in [0.3, 0.4) is 0 Å². The fraction of sp³-hybridized carbons (Fsp3) is 0.167. The first-order chi connectivity index (χ1) is 11.9. The summed E-state index contributed by atoms with van der Waals surface area (Å²) in [5.74, 6) is -1.10. The predicted octanol–water partition coefficient (Wildman–Crippen LogP) is 3.90. The van der Waals surface area contributed by atoms with Gasteiger partial charge in [-0.05, 0) is 48.9 Å². The van der Waals surface area contributed by atoms with E-state index >= 15 is 0 Å². The second kappa shape index (κ2) is 8.52. The van der Waals surface area contributed by atoms with E-state index in [0.717, 1.165) is 0 Å². The van der Waals surface area contributed by atoms with Gasteiger partial charge < -0.3 is 10.1 Å². The molecule has 0 unspecified atom stereocenters. The molecule has 0 radical (unpaired) electrons. The largest absolute Gasteiger partial charge is 0.452 e. The molecule has 0 aliphatic heterocycles. The maximum Gasteiger partial charge on any atom is 0.338 e. The molecule has 0 aromatic heterocycles. The first kappa shape index (κ1) is 18.8. The van der Waals surface area contributed by atoms with Crippen LogP contribution in [0.2, 0.25) is 10.0 Å². The van der Waals surface area contributed by atoms with Crippen LogP contribution in [0.4, 0.5) is 0 Å². The molecule has 2 aromatic rings. The van der Waals surface area contributed by atoms with E-state index < -0.39 is 18.5 Å². The lowest BCUT2D eigenvalue weighted by atomic mass is 10.1. The molecule has 0 saturated carbocycles. The number of halogens is 2. The van der Waals surface area contributed by atoms with Gasteiger partial charge in [0.05, 0.1) is 23.2 Å². The molecule has 7 heteroatoms. The van der Waals surface area contributed by atoms with Gasteiger partial charge >= 0.3 is 5.97 Å². The van der Waals surface area contributed by atoms with Crippen LogP contribution < -0.4 is 5.32 Å². The van der Waals surface area contributed by atoms with Crippen molar-refractivity contribution in [1.82, 2.24) is 5.32 Å². The van der Waals surface area contributed by atoms with Gasteiger partial charge in [0.15, 0.2) is 6.61 Å². The van der Waals surface area contributed by atoms with Crippen LogP contribution in [-0.4, -0.2) is 18.5 Å². The highest BCUT2D eigenvalue weighted by Gasteiger charge is 2.15. The van der Waals surface area contributed by atoms with Crippen LogP contribution in [0, 0.1) is 11.3 Å². The number of carbonyl (C=O) groups is 2. The molecule has 0 spiro atoms. The van der Waals surface area contributed by atoms with Crippen molar-refractivity contribution in [3.8, 4) is 6.07 Å². The van der Waals surface area contributed by atoms with Crippen molar-refractivity contribution >= 4 is 35.1 Å². The average molecular weight is 377 g/mol. The van der Waals surface area contributed by atoms with Crippen molar-refractivity contribution in [1.29, 1.82) is 5.26 Å². The van der Waals surface area contributed by atoms with Crippen molar-refractivity contribution in [3.05, 3.63) is 69.2 Å². The molecule has 0 aliphatic rings. The van der Waals surface area contributed by atoms with Crippen LogP contribution in [0.1, 0.15) is 34.5 Å². The maximum atomic E-state index is 11.9. The van der Waals surface area contributed by atoms with Gasteiger partial charge in [0.25, 0.3) is 5.91 Å². The maximum absolute atomic E-state index is 11.9. The number of benzene rings is 2. The number of carbonyl (C=O) groups excluding carboxylic acids is 2. The lowest BCUT2D eigenvalue weighted by Crippen LogP contribution is -2.31. The second-order valence-corrected chi connectivity index (χ2v) is 6.06. The van der Waals surface area contributed by atoms with Crippen molar-refractivity contribution < 1.29 is 14.3 Å². The Labute approximate surface area is 155 Å². The highest BCUT2D eigenvalue weighted by molar-refractivity contribution is 6.35. The van der Waals surface area contributed by atoms with E-state index in [2.05, 4.69) is 5.32 Å². The lowest BCUT2D eigenvalue weighted by molar-refractivity contribution is -0.124. The smallest absolute Gasteiger partial charge is 0.338 e. The van der Waals surface area contributed by atoms with Gasteiger partial charge in [-0.25, -0.2) is 4.79 Å². The molecule has 2 rings (SSSR count). The topological polar surface area (TPSA) is 79.2 Å². The van der Waals surface area contributed by atoms with Crippen LogP contribution in [-0.2, 0) is 9.53 Å². The lowest BCUT2D eigenvalue weighted by Gasteiger charge is -2.16. The van der Waals surface area contributed by atoms with E-state index in [4.69, 9.17) is 33.2 Å². The highest BCUT2D eigenvalue weighted by atomic mass is 35.5. The molecule has 0 saturated heterocycles. The zero-order valence-corrected chi connectivity index (χ0v) is 14.8. The minimum absolute atomic E-state index is 0.264. The van der Waals surface area contributed by atoms with E-state index in [9.17, 15) is 9.59 Å². The number of amides is 1. The summed E-state index contributed by atoms with van der Waals surface area (Å²) in [6.07, 6.45) is 0. The van der Waals surface area contributed by atoms with Gasteiger partial charge in [-0.2, -0.15) is 5.26 Å². The van der Waals surface area contributed by atoms with E-state index in [1.807, 2.05) is 6.07 Å². The third kappa shape index (κ3) is 5.21. The van der Waals surface area contributed by atoms with E-state index in [-0.39, 0.29) is 11.6 Å². The molecular weight excluding hydrogens is 363 g/mol. The first-order valence-electron chi connectivity index (χ1n) is 7.32. The number of rotatable bonds is 5. The Morgan fingerprint density at radius 1 is 1.20 bits per heavy atom. The standard InChI is InChI=1S/C18H14Cl2N2O3/c1-11(15-7-6-14(19)8-16(15)20)22-17(23)10-25-18(24)13-4-2-12(9-21)3-5-13/h2-8,11H,10H2,1H3,(H,22,23)/t11-/m0/s1. The number of hydrogen-bond donors (Lipinski definition) is 1. The number of nitrogens with one attached hydrogen (secondary N) is 1. The molecule has 25 heavy (non-hydrogen) atoms. The number of nitriles is 1. The summed E-state index contributed by atoms with van der Waals surface area (Å²) in [7, 11) is 0. The number of nitrogens with zero attached hydrogens (tertiary/aromatic N) is 1. The Hall–Kier alpha value is -2.55. The molecule has 128 valence electrons. The summed E-state index contributed by atoms with van der Waals surface area (Å²) in [6, 6.07) is 12.5. The highest BCUT2D eigenvalue weighted by Crippen LogP contribution is 2.25. The van der Waals surface area contributed by atoms with E-state index in [1.54, 1.807) is 25.1 Å². The fourth-order valence-corrected chi connectivity index (χ4v) is 2.68. The predicted molar refractivity (Wildman–Crippen MR) is 94.5 cm³/mol. The van der Waals surface area contributed by atoms with Crippen molar-refractivity contribution in [2.24, 2.45) is 0 Å². The summed E-state index contributed by atoms with van der Waals surface area (Å²) in [4.78, 5) is 23.8. The van der Waals surface area contributed by atoms with Gasteiger partial charge in [0.2, 0.25) is 0 Å². The molecule has 0 heterocycles. The molecule has 1 N–H and O–H groups in total. The minimum Gasteiger partial charge on any atom is -0.452 e.